The normalized spacial score (nSPS) is 14.5. The van der Waals surface area contributed by atoms with E-state index < -0.39 is 0 Å². The van der Waals surface area contributed by atoms with Gasteiger partial charge in [-0.25, -0.2) is 0 Å². The van der Waals surface area contributed by atoms with Crippen LogP contribution in [0.3, 0.4) is 0 Å². The van der Waals surface area contributed by atoms with Crippen molar-refractivity contribution >= 4 is 17.5 Å². The van der Waals surface area contributed by atoms with Crippen molar-refractivity contribution in [2.24, 2.45) is 5.92 Å². The molecule has 0 unspecified atom stereocenters. The maximum Gasteiger partial charge on any atom is 0.243 e. The molecule has 0 bridgehead atoms. The zero-order chi connectivity index (χ0) is 16.7. The molecule has 2 rings (SSSR count). The van der Waals surface area contributed by atoms with Gasteiger partial charge in [-0.1, -0.05) is 31.7 Å². The van der Waals surface area contributed by atoms with Crippen LogP contribution >= 0.6 is 0 Å². The van der Waals surface area contributed by atoms with E-state index in [-0.39, 0.29) is 18.4 Å². The molecule has 0 heterocycles. The van der Waals surface area contributed by atoms with E-state index in [2.05, 4.69) is 10.6 Å². The van der Waals surface area contributed by atoms with Crippen LogP contribution in [0.5, 0.6) is 5.75 Å². The minimum absolute atomic E-state index is 0.0133. The second-order valence-electron chi connectivity index (χ2n) is 6.22. The molecule has 1 fully saturated rings. The van der Waals surface area contributed by atoms with Crippen molar-refractivity contribution in [1.82, 2.24) is 5.32 Å². The van der Waals surface area contributed by atoms with E-state index in [9.17, 15) is 9.59 Å². The number of anilines is 1. The Balaban J connectivity index is 1.74. The Morgan fingerprint density at radius 1 is 1.22 bits per heavy atom. The Morgan fingerprint density at radius 3 is 2.65 bits per heavy atom. The van der Waals surface area contributed by atoms with Gasteiger partial charge in [-0.2, -0.15) is 0 Å². The van der Waals surface area contributed by atoms with Gasteiger partial charge in [-0.15, -0.1) is 0 Å². The molecule has 23 heavy (non-hydrogen) atoms. The summed E-state index contributed by atoms with van der Waals surface area (Å²) in [5.74, 6) is 0.994. The lowest BCUT2D eigenvalue weighted by molar-refractivity contribution is -0.124. The summed E-state index contributed by atoms with van der Waals surface area (Å²) in [5, 5.41) is 5.46. The summed E-state index contributed by atoms with van der Waals surface area (Å²) in [5.41, 5.74) is 1.65. The molecular formula is C18H26N2O3. The van der Waals surface area contributed by atoms with Crippen molar-refractivity contribution in [2.75, 3.05) is 19.0 Å². The van der Waals surface area contributed by atoms with E-state index in [1.165, 1.54) is 25.7 Å². The molecule has 1 aromatic rings. The average molecular weight is 318 g/mol. The van der Waals surface area contributed by atoms with E-state index in [1.807, 2.05) is 25.1 Å². The highest BCUT2D eigenvalue weighted by Crippen LogP contribution is 2.28. The van der Waals surface area contributed by atoms with Crippen LogP contribution in [-0.4, -0.2) is 25.5 Å². The van der Waals surface area contributed by atoms with E-state index in [4.69, 9.17) is 4.74 Å². The van der Waals surface area contributed by atoms with Gasteiger partial charge in [0.2, 0.25) is 11.8 Å². The van der Waals surface area contributed by atoms with Gasteiger partial charge in [0.15, 0.2) is 0 Å². The number of nitrogens with one attached hydrogen (secondary N) is 2. The molecular weight excluding hydrogens is 292 g/mol. The maximum atomic E-state index is 12.0. The van der Waals surface area contributed by atoms with E-state index in [0.29, 0.717) is 23.8 Å². The molecule has 2 N–H and O–H groups in total. The van der Waals surface area contributed by atoms with E-state index in [0.717, 1.165) is 12.0 Å². The Hall–Kier alpha value is -2.04. The third-order valence-corrected chi connectivity index (χ3v) is 4.33. The largest absolute Gasteiger partial charge is 0.495 e. The summed E-state index contributed by atoms with van der Waals surface area (Å²) in [6.07, 6.45) is 6.48. The van der Waals surface area contributed by atoms with Crippen LogP contribution < -0.4 is 15.4 Å². The van der Waals surface area contributed by atoms with Gasteiger partial charge in [0, 0.05) is 6.42 Å². The van der Waals surface area contributed by atoms with Gasteiger partial charge < -0.3 is 15.4 Å². The van der Waals surface area contributed by atoms with E-state index >= 15 is 0 Å². The zero-order valence-electron chi connectivity index (χ0n) is 14.0. The summed E-state index contributed by atoms with van der Waals surface area (Å²) in [6, 6.07) is 5.57. The van der Waals surface area contributed by atoms with Gasteiger partial charge in [0.05, 0.1) is 19.3 Å². The van der Waals surface area contributed by atoms with Crippen molar-refractivity contribution < 1.29 is 14.3 Å². The Morgan fingerprint density at radius 2 is 1.96 bits per heavy atom. The minimum Gasteiger partial charge on any atom is -0.495 e. The molecule has 1 aromatic carbocycles. The summed E-state index contributed by atoms with van der Waals surface area (Å²) in [7, 11) is 1.56. The first-order valence-electron chi connectivity index (χ1n) is 8.29. The fourth-order valence-electron chi connectivity index (χ4n) is 3.02. The Bertz CT molecular complexity index is 551. The Kier molecular flexibility index (Phi) is 6.44. The number of hydrogen-bond acceptors (Lipinski definition) is 3. The standard InChI is InChI=1S/C18H26N2O3/c1-13-7-9-16(23-2)15(11-13)20-18(22)12-19-17(21)10-8-14-5-3-4-6-14/h7,9,11,14H,3-6,8,10,12H2,1-2H3,(H,19,21)(H,20,22). The molecule has 0 atom stereocenters. The Labute approximate surface area is 137 Å². The first-order chi connectivity index (χ1) is 11.1. The average Bonchev–Trinajstić information content (AvgIpc) is 3.04. The summed E-state index contributed by atoms with van der Waals surface area (Å²) >= 11 is 0. The monoisotopic (exact) mass is 318 g/mol. The number of rotatable bonds is 7. The third-order valence-electron chi connectivity index (χ3n) is 4.33. The quantitative estimate of drug-likeness (QED) is 0.812. The summed E-state index contributed by atoms with van der Waals surface area (Å²) in [6.45, 7) is 1.93. The first-order valence-corrected chi connectivity index (χ1v) is 8.29. The topological polar surface area (TPSA) is 67.4 Å². The molecule has 5 heteroatoms. The highest BCUT2D eigenvalue weighted by molar-refractivity contribution is 5.95. The molecule has 1 saturated carbocycles. The molecule has 0 saturated heterocycles. The van der Waals surface area contributed by atoms with Gasteiger partial charge in [-0.3, -0.25) is 9.59 Å². The van der Waals surface area contributed by atoms with Crippen LogP contribution in [0.2, 0.25) is 0 Å². The van der Waals surface area contributed by atoms with E-state index in [1.54, 1.807) is 7.11 Å². The molecule has 1 aliphatic carbocycles. The van der Waals surface area contributed by atoms with Crippen molar-refractivity contribution in [2.45, 2.75) is 45.4 Å². The molecule has 5 nitrogen and oxygen atoms in total. The number of methoxy groups -OCH3 is 1. The van der Waals surface area contributed by atoms with Crippen molar-refractivity contribution in [3.8, 4) is 5.75 Å². The van der Waals surface area contributed by atoms with Gasteiger partial charge in [0.25, 0.3) is 0 Å². The predicted octanol–water partition coefficient (Wildman–Crippen LogP) is 3.03. The van der Waals surface area contributed by atoms with Gasteiger partial charge >= 0.3 is 0 Å². The third kappa shape index (κ3) is 5.58. The summed E-state index contributed by atoms with van der Waals surface area (Å²) < 4.78 is 5.22. The predicted molar refractivity (Wildman–Crippen MR) is 90.6 cm³/mol. The van der Waals surface area contributed by atoms with Crippen molar-refractivity contribution in [3.63, 3.8) is 0 Å². The summed E-state index contributed by atoms with van der Waals surface area (Å²) in [4.78, 5) is 23.8. The van der Waals surface area contributed by atoms with Crippen LogP contribution in [0.4, 0.5) is 5.69 Å². The number of carbonyl (C=O) groups is 2. The van der Waals surface area contributed by atoms with Crippen molar-refractivity contribution in [3.05, 3.63) is 23.8 Å². The van der Waals surface area contributed by atoms with Crippen LogP contribution in [0.1, 0.15) is 44.1 Å². The van der Waals surface area contributed by atoms with Crippen LogP contribution in [0.15, 0.2) is 18.2 Å². The lowest BCUT2D eigenvalue weighted by Gasteiger charge is -2.12. The fraction of sp³-hybridized carbons (Fsp3) is 0.556. The number of carbonyl (C=O) groups excluding carboxylic acids is 2. The number of aryl methyl sites for hydroxylation is 1. The lowest BCUT2D eigenvalue weighted by Crippen LogP contribution is -2.33. The molecule has 0 aliphatic heterocycles. The SMILES string of the molecule is COc1ccc(C)cc1NC(=O)CNC(=O)CCC1CCCC1. The number of benzene rings is 1. The number of hydrogen-bond donors (Lipinski definition) is 2. The highest BCUT2D eigenvalue weighted by atomic mass is 16.5. The molecule has 2 amide bonds. The lowest BCUT2D eigenvalue weighted by atomic mass is 10.0. The van der Waals surface area contributed by atoms with Crippen LogP contribution in [0.25, 0.3) is 0 Å². The van der Waals surface area contributed by atoms with Crippen LogP contribution in [0, 0.1) is 12.8 Å². The molecule has 0 spiro atoms. The second kappa shape index (κ2) is 8.56. The minimum atomic E-state index is -0.247. The first kappa shape index (κ1) is 17.3. The molecule has 0 aromatic heterocycles. The smallest absolute Gasteiger partial charge is 0.243 e. The number of amides is 2. The second-order valence-corrected chi connectivity index (χ2v) is 6.22. The molecule has 1 aliphatic rings. The molecule has 0 radical (unpaired) electrons. The molecule has 126 valence electrons. The van der Waals surface area contributed by atoms with Gasteiger partial charge in [-0.05, 0) is 37.0 Å². The maximum absolute atomic E-state index is 12.0. The van der Waals surface area contributed by atoms with Crippen molar-refractivity contribution in [1.29, 1.82) is 0 Å². The highest BCUT2D eigenvalue weighted by Gasteiger charge is 2.16. The number of ether oxygens (including phenoxy) is 1. The zero-order valence-corrected chi connectivity index (χ0v) is 14.0. The van der Waals surface area contributed by atoms with Crippen LogP contribution in [-0.2, 0) is 9.59 Å². The fourth-order valence-corrected chi connectivity index (χ4v) is 3.02. The van der Waals surface area contributed by atoms with Gasteiger partial charge in [0.1, 0.15) is 5.75 Å².